The maximum atomic E-state index is 12.8. The van der Waals surface area contributed by atoms with Gasteiger partial charge < -0.3 is 4.74 Å². The zero-order valence-electron chi connectivity index (χ0n) is 8.93. The molecule has 0 saturated carbocycles. The molecule has 0 unspecified atom stereocenters. The lowest BCUT2D eigenvalue weighted by Gasteiger charge is -2.04. The summed E-state index contributed by atoms with van der Waals surface area (Å²) in [6, 6.07) is 11.5. The Morgan fingerprint density at radius 1 is 1.24 bits per heavy atom. The highest BCUT2D eigenvalue weighted by molar-refractivity contribution is 5.31. The Hall–Kier alpha value is -2.41. The SMILES string of the molecule is N#Cc1ccc(COc2cc(F)ccn2)cc1. The van der Waals surface area contributed by atoms with Gasteiger partial charge in [0.2, 0.25) is 5.88 Å². The summed E-state index contributed by atoms with van der Waals surface area (Å²) in [5.74, 6) is -0.135. The molecule has 0 aliphatic heterocycles. The molecule has 0 N–H and O–H groups in total. The van der Waals surface area contributed by atoms with E-state index in [0.717, 1.165) is 5.56 Å². The predicted molar refractivity (Wildman–Crippen MR) is 59.7 cm³/mol. The maximum absolute atomic E-state index is 12.8. The Labute approximate surface area is 98.1 Å². The summed E-state index contributed by atoms with van der Waals surface area (Å²) in [5.41, 5.74) is 1.49. The van der Waals surface area contributed by atoms with Crippen LogP contribution < -0.4 is 4.74 Å². The number of ether oxygens (including phenoxy) is 1. The lowest BCUT2D eigenvalue weighted by Crippen LogP contribution is -1.97. The molecule has 2 aromatic rings. The van der Waals surface area contributed by atoms with E-state index >= 15 is 0 Å². The van der Waals surface area contributed by atoms with Crippen LogP contribution in [0, 0.1) is 17.1 Å². The van der Waals surface area contributed by atoms with Crippen LogP contribution in [0.25, 0.3) is 0 Å². The van der Waals surface area contributed by atoms with Gasteiger partial charge in [0.1, 0.15) is 12.4 Å². The van der Waals surface area contributed by atoms with E-state index in [1.165, 1.54) is 18.3 Å². The van der Waals surface area contributed by atoms with Crippen molar-refractivity contribution in [1.29, 1.82) is 5.26 Å². The first-order valence-corrected chi connectivity index (χ1v) is 5.01. The number of hydrogen-bond acceptors (Lipinski definition) is 3. The first-order chi connectivity index (χ1) is 8.28. The first kappa shape index (κ1) is 11.1. The molecule has 0 aliphatic carbocycles. The van der Waals surface area contributed by atoms with Crippen molar-refractivity contribution >= 4 is 0 Å². The minimum atomic E-state index is -0.380. The van der Waals surface area contributed by atoms with Crippen molar-refractivity contribution in [2.75, 3.05) is 0 Å². The van der Waals surface area contributed by atoms with E-state index in [2.05, 4.69) is 4.98 Å². The molecule has 0 aliphatic rings. The van der Waals surface area contributed by atoms with Gasteiger partial charge in [-0.1, -0.05) is 12.1 Å². The molecule has 0 bridgehead atoms. The number of halogens is 1. The molecule has 0 saturated heterocycles. The molecule has 84 valence electrons. The number of rotatable bonds is 3. The van der Waals surface area contributed by atoms with E-state index in [0.29, 0.717) is 12.2 Å². The van der Waals surface area contributed by atoms with Gasteiger partial charge in [-0.05, 0) is 23.8 Å². The number of hydrogen-bond donors (Lipinski definition) is 0. The average molecular weight is 228 g/mol. The smallest absolute Gasteiger partial charge is 0.216 e. The fraction of sp³-hybridized carbons (Fsp3) is 0.0769. The van der Waals surface area contributed by atoms with Crippen LogP contribution in [-0.4, -0.2) is 4.98 Å². The van der Waals surface area contributed by atoms with Crippen molar-refractivity contribution in [3.05, 3.63) is 59.5 Å². The highest BCUT2D eigenvalue weighted by Gasteiger charge is 1.99. The van der Waals surface area contributed by atoms with Crippen LogP contribution >= 0.6 is 0 Å². The van der Waals surface area contributed by atoms with E-state index in [1.54, 1.807) is 24.3 Å². The second-order valence-electron chi connectivity index (χ2n) is 3.41. The third-order valence-electron chi connectivity index (χ3n) is 2.17. The van der Waals surface area contributed by atoms with Crippen molar-refractivity contribution in [1.82, 2.24) is 4.98 Å². The van der Waals surface area contributed by atoms with E-state index in [-0.39, 0.29) is 11.7 Å². The second kappa shape index (κ2) is 5.08. The molecule has 0 amide bonds. The zero-order chi connectivity index (χ0) is 12.1. The van der Waals surface area contributed by atoms with E-state index in [4.69, 9.17) is 10.00 Å². The molecule has 0 atom stereocenters. The van der Waals surface area contributed by atoms with Gasteiger partial charge in [0.15, 0.2) is 0 Å². The molecule has 0 fully saturated rings. The average Bonchev–Trinajstić information content (AvgIpc) is 2.37. The van der Waals surface area contributed by atoms with Gasteiger partial charge in [-0.3, -0.25) is 0 Å². The summed E-state index contributed by atoms with van der Waals surface area (Å²) in [7, 11) is 0. The number of aromatic nitrogens is 1. The fourth-order valence-corrected chi connectivity index (χ4v) is 1.30. The van der Waals surface area contributed by atoms with Crippen LogP contribution in [0.1, 0.15) is 11.1 Å². The summed E-state index contributed by atoms with van der Waals surface area (Å²) >= 11 is 0. The summed E-state index contributed by atoms with van der Waals surface area (Å²) in [6.07, 6.45) is 1.35. The summed E-state index contributed by atoms with van der Waals surface area (Å²) in [4.78, 5) is 3.87. The van der Waals surface area contributed by atoms with Gasteiger partial charge in [-0.15, -0.1) is 0 Å². The van der Waals surface area contributed by atoms with Crippen LogP contribution in [-0.2, 0) is 6.61 Å². The van der Waals surface area contributed by atoms with Crippen LogP contribution in [0.3, 0.4) is 0 Å². The summed E-state index contributed by atoms with van der Waals surface area (Å²) in [6.45, 7) is 0.294. The molecule has 1 aromatic heterocycles. The van der Waals surface area contributed by atoms with Crippen molar-refractivity contribution in [3.63, 3.8) is 0 Å². The maximum Gasteiger partial charge on any atom is 0.216 e. The molecule has 0 radical (unpaired) electrons. The van der Waals surface area contributed by atoms with Gasteiger partial charge in [0, 0.05) is 12.3 Å². The zero-order valence-corrected chi connectivity index (χ0v) is 8.93. The van der Waals surface area contributed by atoms with E-state index < -0.39 is 0 Å². The Morgan fingerprint density at radius 2 is 2.00 bits per heavy atom. The molecule has 17 heavy (non-hydrogen) atoms. The third kappa shape index (κ3) is 3.02. The number of nitrogens with zero attached hydrogens (tertiary/aromatic N) is 2. The molecule has 1 heterocycles. The minimum Gasteiger partial charge on any atom is -0.473 e. The van der Waals surface area contributed by atoms with Gasteiger partial charge >= 0.3 is 0 Å². The van der Waals surface area contributed by atoms with Crippen molar-refractivity contribution in [2.45, 2.75) is 6.61 Å². The van der Waals surface area contributed by atoms with Crippen molar-refractivity contribution < 1.29 is 9.13 Å². The lowest BCUT2D eigenvalue weighted by atomic mass is 10.2. The summed E-state index contributed by atoms with van der Waals surface area (Å²) in [5, 5.41) is 8.63. The van der Waals surface area contributed by atoms with E-state index in [9.17, 15) is 4.39 Å². The van der Waals surface area contributed by atoms with Gasteiger partial charge in [0.05, 0.1) is 11.6 Å². The highest BCUT2D eigenvalue weighted by atomic mass is 19.1. The van der Waals surface area contributed by atoms with Crippen LogP contribution in [0.5, 0.6) is 5.88 Å². The van der Waals surface area contributed by atoms with Crippen LogP contribution in [0.4, 0.5) is 4.39 Å². The molecule has 4 heteroatoms. The Balaban J connectivity index is 2.00. The van der Waals surface area contributed by atoms with Crippen molar-refractivity contribution in [3.8, 4) is 11.9 Å². The van der Waals surface area contributed by atoms with Crippen LogP contribution in [0.2, 0.25) is 0 Å². The quantitative estimate of drug-likeness (QED) is 0.811. The molecular weight excluding hydrogens is 219 g/mol. The molecule has 1 aromatic carbocycles. The summed E-state index contributed by atoms with van der Waals surface area (Å²) < 4.78 is 18.1. The standard InChI is InChI=1S/C13H9FN2O/c14-12-5-6-16-13(7-12)17-9-11-3-1-10(8-15)2-4-11/h1-7H,9H2. The van der Waals surface area contributed by atoms with Crippen molar-refractivity contribution in [2.24, 2.45) is 0 Å². The normalized spacial score (nSPS) is 9.65. The topological polar surface area (TPSA) is 45.9 Å². The minimum absolute atomic E-state index is 0.245. The van der Waals surface area contributed by atoms with Gasteiger partial charge in [-0.2, -0.15) is 5.26 Å². The Kier molecular flexibility index (Phi) is 3.31. The second-order valence-corrected chi connectivity index (χ2v) is 3.41. The molecule has 3 nitrogen and oxygen atoms in total. The Morgan fingerprint density at radius 3 is 2.65 bits per heavy atom. The van der Waals surface area contributed by atoms with Gasteiger partial charge in [0.25, 0.3) is 0 Å². The monoisotopic (exact) mass is 228 g/mol. The van der Waals surface area contributed by atoms with E-state index in [1.807, 2.05) is 6.07 Å². The highest BCUT2D eigenvalue weighted by Crippen LogP contribution is 2.11. The lowest BCUT2D eigenvalue weighted by molar-refractivity contribution is 0.292. The number of pyridine rings is 1. The molecular formula is C13H9FN2O. The molecule has 2 rings (SSSR count). The molecule has 0 spiro atoms. The number of benzene rings is 1. The van der Waals surface area contributed by atoms with Crippen LogP contribution in [0.15, 0.2) is 42.6 Å². The fourth-order valence-electron chi connectivity index (χ4n) is 1.30. The Bertz CT molecular complexity index is 546. The number of nitriles is 1. The van der Waals surface area contributed by atoms with Gasteiger partial charge in [-0.25, -0.2) is 9.37 Å². The third-order valence-corrected chi connectivity index (χ3v) is 2.17. The largest absolute Gasteiger partial charge is 0.473 e. The predicted octanol–water partition coefficient (Wildman–Crippen LogP) is 2.67. The first-order valence-electron chi connectivity index (χ1n) is 5.01.